The zero-order chi connectivity index (χ0) is 12.7. The number of β-amino-alcohol motifs (C(OH)–C–C–N with tert-alkyl or cyclic N) is 1. The molecule has 1 amide bonds. The maximum Gasteiger partial charge on any atom is 0.236 e. The molecule has 0 aliphatic carbocycles. The number of nitrogens with zero attached hydrogens (tertiary/aromatic N) is 1. The molecule has 1 saturated heterocycles. The van der Waals surface area contributed by atoms with Crippen molar-refractivity contribution in [2.75, 3.05) is 32.8 Å². The highest BCUT2D eigenvalue weighted by Gasteiger charge is 2.22. The molecular weight excluding hydrogens is 224 g/mol. The highest BCUT2D eigenvalue weighted by molar-refractivity contribution is 5.77. The van der Waals surface area contributed by atoms with Gasteiger partial charge in [-0.3, -0.25) is 9.63 Å². The summed E-state index contributed by atoms with van der Waals surface area (Å²) in [5.74, 6) is -0.0938. The van der Waals surface area contributed by atoms with Crippen molar-refractivity contribution in [2.45, 2.75) is 32.5 Å². The normalized spacial score (nSPS) is 21.1. The van der Waals surface area contributed by atoms with E-state index in [4.69, 9.17) is 9.57 Å². The maximum absolute atomic E-state index is 11.4. The molecule has 2 N–H and O–H groups in total. The maximum atomic E-state index is 11.4. The molecule has 1 aliphatic heterocycles. The first kappa shape index (κ1) is 14.4. The van der Waals surface area contributed by atoms with E-state index in [2.05, 4.69) is 5.32 Å². The number of aliphatic hydroxyl groups is 1. The molecule has 0 aromatic heterocycles. The van der Waals surface area contributed by atoms with Gasteiger partial charge in [-0.15, -0.1) is 0 Å². The van der Waals surface area contributed by atoms with Crippen LogP contribution in [0.15, 0.2) is 0 Å². The van der Waals surface area contributed by atoms with E-state index in [0.717, 1.165) is 6.42 Å². The van der Waals surface area contributed by atoms with E-state index in [9.17, 15) is 9.90 Å². The molecule has 0 spiro atoms. The standard InChI is InChI=1S/C11H22N2O4/c1-9(2)16-5-3-4-12-11(15)7-13-6-10(14)8-17-13/h9-10,14H,3-8H2,1-2H3,(H,12,15). The third-order valence-corrected chi connectivity index (χ3v) is 2.28. The first-order valence-corrected chi connectivity index (χ1v) is 6.02. The van der Waals surface area contributed by atoms with Crippen LogP contribution in [-0.4, -0.2) is 61.1 Å². The molecule has 0 radical (unpaired) electrons. The summed E-state index contributed by atoms with van der Waals surface area (Å²) in [6.07, 6.45) is 0.542. The number of nitrogens with one attached hydrogen (secondary N) is 1. The van der Waals surface area contributed by atoms with E-state index in [0.29, 0.717) is 19.7 Å². The zero-order valence-electron chi connectivity index (χ0n) is 10.5. The van der Waals surface area contributed by atoms with E-state index >= 15 is 0 Å². The molecule has 0 aromatic carbocycles. The quantitative estimate of drug-likeness (QED) is 0.594. The monoisotopic (exact) mass is 246 g/mol. The molecular formula is C11H22N2O4. The summed E-state index contributed by atoms with van der Waals surface area (Å²) in [4.78, 5) is 16.5. The van der Waals surface area contributed by atoms with Crippen molar-refractivity contribution in [3.63, 3.8) is 0 Å². The summed E-state index contributed by atoms with van der Waals surface area (Å²) < 4.78 is 5.35. The van der Waals surface area contributed by atoms with Crippen molar-refractivity contribution in [3.8, 4) is 0 Å². The van der Waals surface area contributed by atoms with Crippen molar-refractivity contribution in [2.24, 2.45) is 0 Å². The van der Waals surface area contributed by atoms with Crippen LogP contribution in [-0.2, 0) is 14.4 Å². The number of amides is 1. The van der Waals surface area contributed by atoms with Crippen LogP contribution in [0.5, 0.6) is 0 Å². The summed E-state index contributed by atoms with van der Waals surface area (Å²) in [5, 5.41) is 13.4. The number of ether oxygens (including phenoxy) is 1. The number of rotatable bonds is 7. The molecule has 1 atom stereocenters. The summed E-state index contributed by atoms with van der Waals surface area (Å²) in [6.45, 7) is 6.05. The molecule has 1 fully saturated rings. The summed E-state index contributed by atoms with van der Waals surface area (Å²) >= 11 is 0. The Morgan fingerprint density at radius 1 is 1.65 bits per heavy atom. The minimum atomic E-state index is -0.484. The lowest BCUT2D eigenvalue weighted by Gasteiger charge is -2.13. The van der Waals surface area contributed by atoms with Gasteiger partial charge in [0.05, 0.1) is 25.4 Å². The number of carbonyl (C=O) groups excluding carboxylic acids is 1. The van der Waals surface area contributed by atoms with E-state index in [1.54, 1.807) is 0 Å². The Morgan fingerprint density at radius 3 is 3.00 bits per heavy atom. The Morgan fingerprint density at radius 2 is 2.41 bits per heavy atom. The first-order chi connectivity index (χ1) is 8.08. The van der Waals surface area contributed by atoms with Crippen LogP contribution in [0, 0.1) is 0 Å². The lowest BCUT2D eigenvalue weighted by Crippen LogP contribution is -2.36. The van der Waals surface area contributed by atoms with E-state index < -0.39 is 6.10 Å². The molecule has 1 aliphatic rings. The molecule has 0 bridgehead atoms. The van der Waals surface area contributed by atoms with E-state index in [-0.39, 0.29) is 25.2 Å². The van der Waals surface area contributed by atoms with Crippen molar-refractivity contribution in [1.29, 1.82) is 0 Å². The molecule has 100 valence electrons. The Bertz CT molecular complexity index is 236. The van der Waals surface area contributed by atoms with Crippen molar-refractivity contribution < 1.29 is 19.5 Å². The average molecular weight is 246 g/mol. The van der Waals surface area contributed by atoms with Gasteiger partial charge >= 0.3 is 0 Å². The van der Waals surface area contributed by atoms with Crippen LogP contribution in [0.1, 0.15) is 20.3 Å². The summed E-state index contributed by atoms with van der Waals surface area (Å²) in [7, 11) is 0. The SMILES string of the molecule is CC(C)OCCCNC(=O)CN1CC(O)CO1. The van der Waals surface area contributed by atoms with Gasteiger partial charge in [0.15, 0.2) is 0 Å². The topological polar surface area (TPSA) is 71.0 Å². The van der Waals surface area contributed by atoms with Crippen LogP contribution >= 0.6 is 0 Å². The fraction of sp³-hybridized carbons (Fsp3) is 0.909. The second kappa shape index (κ2) is 7.60. The number of aliphatic hydroxyl groups excluding tert-OH is 1. The van der Waals surface area contributed by atoms with Crippen LogP contribution in [0.2, 0.25) is 0 Å². The third-order valence-electron chi connectivity index (χ3n) is 2.28. The Labute approximate surface area is 102 Å². The average Bonchev–Trinajstić information content (AvgIpc) is 2.63. The lowest BCUT2D eigenvalue weighted by atomic mass is 10.4. The number of hydroxylamine groups is 2. The Hall–Kier alpha value is -0.690. The number of hydrogen-bond acceptors (Lipinski definition) is 5. The van der Waals surface area contributed by atoms with Crippen LogP contribution in [0.25, 0.3) is 0 Å². The second-order valence-corrected chi connectivity index (χ2v) is 4.40. The molecule has 1 heterocycles. The minimum absolute atomic E-state index is 0.0938. The van der Waals surface area contributed by atoms with Gasteiger partial charge < -0.3 is 15.2 Å². The van der Waals surface area contributed by atoms with E-state index in [1.165, 1.54) is 5.06 Å². The second-order valence-electron chi connectivity index (χ2n) is 4.40. The van der Waals surface area contributed by atoms with Gasteiger partial charge in [-0.1, -0.05) is 0 Å². The fourth-order valence-electron chi connectivity index (χ4n) is 1.48. The van der Waals surface area contributed by atoms with Gasteiger partial charge in [-0.2, -0.15) is 5.06 Å². The number of hydrogen-bond donors (Lipinski definition) is 2. The fourth-order valence-corrected chi connectivity index (χ4v) is 1.48. The highest BCUT2D eigenvalue weighted by atomic mass is 16.7. The van der Waals surface area contributed by atoms with E-state index in [1.807, 2.05) is 13.8 Å². The Kier molecular flexibility index (Phi) is 6.43. The third kappa shape index (κ3) is 6.58. The van der Waals surface area contributed by atoms with Gasteiger partial charge in [0.25, 0.3) is 0 Å². The van der Waals surface area contributed by atoms with Gasteiger partial charge in [0.2, 0.25) is 5.91 Å². The Balaban J connectivity index is 1.98. The van der Waals surface area contributed by atoms with Gasteiger partial charge in [0, 0.05) is 13.2 Å². The summed E-state index contributed by atoms with van der Waals surface area (Å²) in [6, 6.07) is 0. The minimum Gasteiger partial charge on any atom is -0.389 e. The molecule has 17 heavy (non-hydrogen) atoms. The molecule has 1 rings (SSSR count). The molecule has 6 nitrogen and oxygen atoms in total. The largest absolute Gasteiger partial charge is 0.389 e. The van der Waals surface area contributed by atoms with Crippen molar-refractivity contribution in [3.05, 3.63) is 0 Å². The van der Waals surface area contributed by atoms with Crippen LogP contribution in [0.3, 0.4) is 0 Å². The molecule has 6 heteroatoms. The predicted octanol–water partition coefficient (Wildman–Crippen LogP) is -0.474. The van der Waals surface area contributed by atoms with Crippen molar-refractivity contribution >= 4 is 5.91 Å². The molecule has 1 unspecified atom stereocenters. The molecule has 0 aromatic rings. The van der Waals surface area contributed by atoms with Crippen molar-refractivity contribution in [1.82, 2.24) is 10.4 Å². The predicted molar refractivity (Wildman–Crippen MR) is 62.2 cm³/mol. The smallest absolute Gasteiger partial charge is 0.236 e. The highest BCUT2D eigenvalue weighted by Crippen LogP contribution is 2.03. The molecule has 0 saturated carbocycles. The number of carbonyl (C=O) groups is 1. The lowest BCUT2D eigenvalue weighted by molar-refractivity contribution is -0.142. The van der Waals surface area contributed by atoms with Gasteiger partial charge in [0.1, 0.15) is 6.54 Å². The van der Waals surface area contributed by atoms with Gasteiger partial charge in [-0.25, -0.2) is 0 Å². The zero-order valence-corrected chi connectivity index (χ0v) is 10.5. The first-order valence-electron chi connectivity index (χ1n) is 6.02. The van der Waals surface area contributed by atoms with Crippen LogP contribution in [0.4, 0.5) is 0 Å². The van der Waals surface area contributed by atoms with Gasteiger partial charge in [-0.05, 0) is 20.3 Å². The van der Waals surface area contributed by atoms with Crippen LogP contribution < -0.4 is 5.32 Å². The summed E-state index contributed by atoms with van der Waals surface area (Å²) in [5.41, 5.74) is 0.